The number of hydrogen-bond donors (Lipinski definition) is 0. The number of piperidine rings is 1. The third-order valence-electron chi connectivity index (χ3n) is 8.73. The minimum atomic E-state index is -0.185. The van der Waals surface area contributed by atoms with E-state index >= 15 is 0 Å². The molecule has 1 aliphatic carbocycles. The molecule has 3 saturated heterocycles. The van der Waals surface area contributed by atoms with E-state index in [1.807, 2.05) is 0 Å². The number of hydrogen-bond acceptors (Lipinski definition) is 3. The van der Waals surface area contributed by atoms with Crippen LogP contribution in [-0.2, 0) is 10.2 Å². The lowest BCUT2D eigenvalue weighted by Crippen LogP contribution is -2.73. The Balaban J connectivity index is 1.60. The Morgan fingerprint density at radius 2 is 2.07 bits per heavy atom. The van der Waals surface area contributed by atoms with E-state index in [9.17, 15) is 0 Å². The summed E-state index contributed by atoms with van der Waals surface area (Å²) in [5.41, 5.74) is 3.25. The Bertz CT molecular complexity index is 811. The topological polar surface area (TPSA) is 15.7 Å². The molecule has 0 N–H and O–H groups in total. The molecule has 2 spiro atoms. The normalized spacial score (nSPS) is 41.4. The quantitative estimate of drug-likeness (QED) is 0.708. The molecule has 4 heterocycles. The van der Waals surface area contributed by atoms with Gasteiger partial charge in [-0.25, -0.2) is 0 Å². The summed E-state index contributed by atoms with van der Waals surface area (Å²) in [6.45, 7) is 5.46. The monoisotopic (exact) mass is 382 g/mol. The third kappa shape index (κ3) is 1.68. The zero-order chi connectivity index (χ0) is 18.3. The van der Waals surface area contributed by atoms with Crippen molar-refractivity contribution in [3.05, 3.63) is 29.8 Å². The smallest absolute Gasteiger partial charge is 0.159 e. The van der Waals surface area contributed by atoms with E-state index in [0.717, 1.165) is 24.6 Å². The van der Waals surface area contributed by atoms with Crippen LogP contribution in [0.3, 0.4) is 0 Å². The van der Waals surface area contributed by atoms with Crippen molar-refractivity contribution in [3.63, 3.8) is 0 Å². The maximum absolute atomic E-state index is 6.92. The lowest BCUT2D eigenvalue weighted by Gasteiger charge is -2.63. The average molecular weight is 383 g/mol. The largest absolute Gasteiger partial charge is 0.367 e. The van der Waals surface area contributed by atoms with Gasteiger partial charge in [0.1, 0.15) is 0 Å². The van der Waals surface area contributed by atoms with Gasteiger partial charge >= 0.3 is 0 Å². The highest BCUT2D eigenvalue weighted by atomic mass is 32.1. The Kier molecular flexibility index (Phi) is 3.41. The van der Waals surface area contributed by atoms with Crippen LogP contribution in [0.1, 0.15) is 63.9 Å². The Labute approximate surface area is 168 Å². The number of anilines is 1. The van der Waals surface area contributed by atoms with Crippen molar-refractivity contribution in [1.82, 2.24) is 4.90 Å². The fourth-order valence-electron chi connectivity index (χ4n) is 7.88. The molecule has 4 aliphatic heterocycles. The fraction of sp³-hybridized carbons (Fsp3) is 0.696. The van der Waals surface area contributed by atoms with Gasteiger partial charge < -0.3 is 14.5 Å². The number of nitrogens with zero attached hydrogens (tertiary/aromatic N) is 2. The van der Waals surface area contributed by atoms with Crippen LogP contribution < -0.4 is 4.90 Å². The van der Waals surface area contributed by atoms with Crippen molar-refractivity contribution in [1.29, 1.82) is 0 Å². The molecule has 0 radical (unpaired) electrons. The van der Waals surface area contributed by atoms with Gasteiger partial charge in [-0.15, -0.1) is 0 Å². The van der Waals surface area contributed by atoms with Gasteiger partial charge in [0.2, 0.25) is 0 Å². The predicted molar refractivity (Wildman–Crippen MR) is 112 cm³/mol. The van der Waals surface area contributed by atoms with Gasteiger partial charge in [-0.1, -0.05) is 43.8 Å². The first-order valence-corrected chi connectivity index (χ1v) is 11.4. The van der Waals surface area contributed by atoms with E-state index in [1.54, 1.807) is 5.56 Å². The lowest BCUT2D eigenvalue weighted by atomic mass is 9.50. The molecular formula is C23H30N2OS. The van der Waals surface area contributed by atoms with Gasteiger partial charge in [0.15, 0.2) is 5.72 Å². The molecule has 5 aliphatic rings. The highest BCUT2D eigenvalue weighted by Gasteiger charge is 2.80. The van der Waals surface area contributed by atoms with Crippen molar-refractivity contribution in [2.45, 2.75) is 75.5 Å². The zero-order valence-electron chi connectivity index (χ0n) is 16.4. The van der Waals surface area contributed by atoms with E-state index < -0.39 is 0 Å². The summed E-state index contributed by atoms with van der Waals surface area (Å²) in [5, 5.41) is 0. The van der Waals surface area contributed by atoms with Crippen LogP contribution in [0.5, 0.6) is 0 Å². The van der Waals surface area contributed by atoms with Crippen molar-refractivity contribution in [2.24, 2.45) is 5.41 Å². The van der Waals surface area contributed by atoms with Crippen LogP contribution in [-0.4, -0.2) is 41.4 Å². The van der Waals surface area contributed by atoms with Crippen LogP contribution in [0.2, 0.25) is 0 Å². The van der Waals surface area contributed by atoms with Crippen molar-refractivity contribution >= 4 is 22.9 Å². The lowest BCUT2D eigenvalue weighted by molar-refractivity contribution is -0.202. The summed E-state index contributed by atoms with van der Waals surface area (Å²) in [5.74, 6) is 0. The molecular weight excluding hydrogens is 352 g/mol. The Morgan fingerprint density at radius 1 is 1.19 bits per heavy atom. The highest BCUT2D eigenvalue weighted by Crippen LogP contribution is 2.73. The van der Waals surface area contributed by atoms with E-state index in [-0.39, 0.29) is 11.1 Å². The maximum Gasteiger partial charge on any atom is 0.159 e. The standard InChI is InChI=1S/C23H30N2OS/c1-2-3-14-24-18-7-5-4-6-17(18)22-12-15-25-20(27)9-11-21(10-8-19(22)24)13-16-26-23(21,22)25/h4-7,19H,2-3,8-16H2,1H3/t19-,21+,22-,23+/m1/s1. The summed E-state index contributed by atoms with van der Waals surface area (Å²) < 4.78 is 6.92. The second-order valence-electron chi connectivity index (χ2n) is 9.41. The molecule has 0 unspecified atom stereocenters. The number of thiocarbonyl (C=S) groups is 1. The molecule has 0 aromatic heterocycles. The molecule has 4 atom stereocenters. The van der Waals surface area contributed by atoms with Crippen molar-refractivity contribution in [2.75, 3.05) is 24.6 Å². The molecule has 0 amide bonds. The molecule has 6 rings (SSSR count). The third-order valence-corrected chi connectivity index (χ3v) is 9.16. The first kappa shape index (κ1) is 16.8. The van der Waals surface area contributed by atoms with Crippen LogP contribution in [0, 0.1) is 5.41 Å². The SMILES string of the molecule is CCCCN1c2ccccc2[C@@]23CCN4C(=S)CC[C@]5(CCO[C@@]452)CC[C@@H]13. The van der Waals surface area contributed by atoms with Gasteiger partial charge in [0, 0.05) is 30.2 Å². The second-order valence-corrected chi connectivity index (χ2v) is 9.88. The van der Waals surface area contributed by atoms with E-state index in [0.29, 0.717) is 11.5 Å². The Morgan fingerprint density at radius 3 is 2.96 bits per heavy atom. The second kappa shape index (κ2) is 5.48. The van der Waals surface area contributed by atoms with E-state index in [4.69, 9.17) is 17.0 Å². The summed E-state index contributed by atoms with van der Waals surface area (Å²) in [6.07, 6.45) is 9.86. The van der Waals surface area contributed by atoms with E-state index in [2.05, 4.69) is 41.0 Å². The molecule has 4 heteroatoms. The molecule has 1 saturated carbocycles. The average Bonchev–Trinajstić information content (AvgIpc) is 3.33. The number of unbranched alkanes of at least 4 members (excludes halogenated alkanes) is 1. The summed E-state index contributed by atoms with van der Waals surface area (Å²) in [4.78, 5) is 6.50. The summed E-state index contributed by atoms with van der Waals surface area (Å²) in [6, 6.07) is 9.83. The number of rotatable bonds is 3. The van der Waals surface area contributed by atoms with Gasteiger partial charge in [-0.2, -0.15) is 0 Å². The van der Waals surface area contributed by atoms with Crippen molar-refractivity contribution < 1.29 is 4.74 Å². The van der Waals surface area contributed by atoms with Gasteiger partial charge in [-0.3, -0.25) is 0 Å². The molecule has 1 aromatic carbocycles. The van der Waals surface area contributed by atoms with Crippen LogP contribution in [0.15, 0.2) is 24.3 Å². The fourth-order valence-corrected chi connectivity index (χ4v) is 8.20. The number of benzene rings is 1. The van der Waals surface area contributed by atoms with Crippen molar-refractivity contribution in [3.8, 4) is 0 Å². The minimum Gasteiger partial charge on any atom is -0.367 e. The predicted octanol–water partition coefficient (Wildman–Crippen LogP) is 4.64. The zero-order valence-corrected chi connectivity index (χ0v) is 17.2. The molecule has 0 bridgehead atoms. The van der Waals surface area contributed by atoms with Gasteiger partial charge in [0.25, 0.3) is 0 Å². The highest BCUT2D eigenvalue weighted by molar-refractivity contribution is 7.80. The summed E-state index contributed by atoms with van der Waals surface area (Å²) in [7, 11) is 0. The molecule has 144 valence electrons. The van der Waals surface area contributed by atoms with Gasteiger partial charge in [0.05, 0.1) is 17.0 Å². The molecule has 27 heavy (non-hydrogen) atoms. The van der Waals surface area contributed by atoms with Gasteiger partial charge in [-0.05, 0) is 56.6 Å². The number of ether oxygens (including phenoxy) is 1. The number of para-hydroxylation sites is 1. The van der Waals surface area contributed by atoms with Crippen LogP contribution in [0.4, 0.5) is 5.69 Å². The number of fused-ring (bicyclic) bond motifs is 1. The van der Waals surface area contributed by atoms with Crippen LogP contribution >= 0.6 is 12.2 Å². The molecule has 1 aromatic rings. The first-order valence-electron chi connectivity index (χ1n) is 11.0. The maximum atomic E-state index is 6.92. The Hall–Kier alpha value is -1.13. The molecule has 3 nitrogen and oxygen atoms in total. The summed E-state index contributed by atoms with van der Waals surface area (Å²) >= 11 is 5.92. The van der Waals surface area contributed by atoms with Crippen LogP contribution in [0.25, 0.3) is 0 Å². The minimum absolute atomic E-state index is 0.0938. The first-order chi connectivity index (χ1) is 13.2. The molecule has 4 fully saturated rings. The van der Waals surface area contributed by atoms with E-state index in [1.165, 1.54) is 57.2 Å².